The third-order valence-electron chi connectivity index (χ3n) is 2.88. The minimum atomic E-state index is -2.84. The first-order valence-electron chi connectivity index (χ1n) is 6.55. The monoisotopic (exact) mass is 307 g/mol. The van der Waals surface area contributed by atoms with Crippen LogP contribution in [0.3, 0.4) is 0 Å². The summed E-state index contributed by atoms with van der Waals surface area (Å²) in [6.07, 6.45) is 2.67. The van der Waals surface area contributed by atoms with Gasteiger partial charge in [-0.25, -0.2) is 0 Å². The summed E-state index contributed by atoms with van der Waals surface area (Å²) in [6, 6.07) is 4.64. The molecule has 6 heteroatoms. The summed E-state index contributed by atoms with van der Waals surface area (Å²) in [5.41, 5.74) is 0.641. The third-order valence-corrected chi connectivity index (χ3v) is 3.11. The van der Waals surface area contributed by atoms with Crippen LogP contribution in [0.15, 0.2) is 18.2 Å². The molecule has 0 radical (unpaired) electrons. The van der Waals surface area contributed by atoms with E-state index in [1.807, 2.05) is 11.9 Å². The first-order chi connectivity index (χ1) is 9.52. The zero-order valence-corrected chi connectivity index (χ0v) is 12.2. The number of alkyl halides is 2. The van der Waals surface area contributed by atoms with Gasteiger partial charge >= 0.3 is 6.61 Å². The van der Waals surface area contributed by atoms with E-state index < -0.39 is 6.61 Å². The van der Waals surface area contributed by atoms with Gasteiger partial charge in [0.2, 0.25) is 0 Å². The van der Waals surface area contributed by atoms with E-state index in [-0.39, 0.29) is 12.4 Å². The highest BCUT2D eigenvalue weighted by atomic mass is 35.5. The van der Waals surface area contributed by atoms with Crippen molar-refractivity contribution in [2.45, 2.75) is 32.4 Å². The third kappa shape index (κ3) is 6.50. The van der Waals surface area contributed by atoms with E-state index >= 15 is 0 Å². The molecule has 0 saturated carbocycles. The van der Waals surface area contributed by atoms with Crippen molar-refractivity contribution in [3.63, 3.8) is 0 Å². The van der Waals surface area contributed by atoms with Gasteiger partial charge in [-0.05, 0) is 51.1 Å². The number of aliphatic hydroxyl groups excluding tert-OH is 1. The summed E-state index contributed by atoms with van der Waals surface area (Å²) < 4.78 is 29.2. The second-order valence-electron chi connectivity index (χ2n) is 4.65. The molecule has 1 N–H and O–H groups in total. The van der Waals surface area contributed by atoms with Crippen LogP contribution in [0.4, 0.5) is 8.78 Å². The standard InChI is InChI=1S/C14H20ClF2NO2/c1-18(7-3-2-4-8-19)10-11-9-12(15)5-6-13(11)20-14(16)17/h5-6,9,14,19H,2-4,7-8,10H2,1H3. The number of nitrogens with zero attached hydrogens (tertiary/aromatic N) is 1. The SMILES string of the molecule is CN(CCCCCO)Cc1cc(Cl)ccc1OC(F)F. The number of hydrogen-bond acceptors (Lipinski definition) is 3. The van der Waals surface area contributed by atoms with Gasteiger partial charge in [0.15, 0.2) is 0 Å². The molecule has 0 aliphatic carbocycles. The molecule has 1 rings (SSSR count). The summed E-state index contributed by atoms with van der Waals surface area (Å²) >= 11 is 5.89. The molecule has 0 bridgehead atoms. The molecule has 0 atom stereocenters. The van der Waals surface area contributed by atoms with Crippen molar-refractivity contribution in [2.75, 3.05) is 20.2 Å². The van der Waals surface area contributed by atoms with E-state index in [4.69, 9.17) is 16.7 Å². The molecule has 114 valence electrons. The van der Waals surface area contributed by atoms with Crippen molar-refractivity contribution in [1.29, 1.82) is 0 Å². The molecular weight excluding hydrogens is 288 g/mol. The smallest absolute Gasteiger partial charge is 0.387 e. The van der Waals surface area contributed by atoms with Gasteiger partial charge in [-0.2, -0.15) is 8.78 Å². The normalized spacial score (nSPS) is 11.3. The Balaban J connectivity index is 2.58. The second-order valence-corrected chi connectivity index (χ2v) is 5.09. The van der Waals surface area contributed by atoms with E-state index in [1.54, 1.807) is 6.07 Å². The van der Waals surface area contributed by atoms with E-state index in [0.29, 0.717) is 17.1 Å². The molecular formula is C14H20ClF2NO2. The van der Waals surface area contributed by atoms with Gasteiger partial charge < -0.3 is 14.7 Å². The zero-order valence-electron chi connectivity index (χ0n) is 11.5. The Bertz CT molecular complexity index is 405. The van der Waals surface area contributed by atoms with Crippen LogP contribution < -0.4 is 4.74 Å². The topological polar surface area (TPSA) is 32.7 Å². The number of hydrogen-bond donors (Lipinski definition) is 1. The van der Waals surface area contributed by atoms with Gasteiger partial charge in [-0.15, -0.1) is 0 Å². The van der Waals surface area contributed by atoms with Crippen LogP contribution in [0, 0.1) is 0 Å². The van der Waals surface area contributed by atoms with Crippen LogP contribution >= 0.6 is 11.6 Å². The quantitative estimate of drug-likeness (QED) is 0.708. The van der Waals surface area contributed by atoms with Gasteiger partial charge in [0, 0.05) is 23.7 Å². The van der Waals surface area contributed by atoms with Gasteiger partial charge in [-0.3, -0.25) is 0 Å². The molecule has 20 heavy (non-hydrogen) atoms. The summed E-state index contributed by atoms with van der Waals surface area (Å²) in [5, 5.41) is 9.20. The van der Waals surface area contributed by atoms with Crippen molar-refractivity contribution >= 4 is 11.6 Å². The average molecular weight is 308 g/mol. The number of benzene rings is 1. The summed E-state index contributed by atoms with van der Waals surface area (Å²) in [5.74, 6) is 0.159. The van der Waals surface area contributed by atoms with Crippen LogP contribution in [0.2, 0.25) is 5.02 Å². The molecule has 0 amide bonds. The minimum absolute atomic E-state index is 0.159. The number of halogens is 3. The summed E-state index contributed by atoms with van der Waals surface area (Å²) in [7, 11) is 1.91. The van der Waals surface area contributed by atoms with Crippen molar-refractivity contribution in [3.8, 4) is 5.75 Å². The Morgan fingerprint density at radius 3 is 2.70 bits per heavy atom. The maximum Gasteiger partial charge on any atom is 0.387 e. The first-order valence-corrected chi connectivity index (χ1v) is 6.93. The number of rotatable bonds is 9. The fourth-order valence-corrected chi connectivity index (χ4v) is 2.12. The van der Waals surface area contributed by atoms with Crippen molar-refractivity contribution in [1.82, 2.24) is 4.90 Å². The average Bonchev–Trinajstić information content (AvgIpc) is 2.37. The van der Waals surface area contributed by atoms with Gasteiger partial charge in [0.25, 0.3) is 0 Å². The lowest BCUT2D eigenvalue weighted by atomic mass is 10.1. The molecule has 0 aliphatic rings. The molecule has 0 aromatic heterocycles. The molecule has 0 unspecified atom stereocenters. The molecule has 0 aliphatic heterocycles. The van der Waals surface area contributed by atoms with Gasteiger partial charge in [-0.1, -0.05) is 11.6 Å². The maximum absolute atomic E-state index is 12.3. The Labute approximate surface area is 123 Å². The Kier molecular flexibility index (Phi) is 7.80. The second kappa shape index (κ2) is 9.10. The molecule has 1 aromatic carbocycles. The molecule has 1 aromatic rings. The van der Waals surface area contributed by atoms with E-state index in [9.17, 15) is 8.78 Å². The predicted octanol–water partition coefficient (Wildman–Crippen LogP) is 3.54. The van der Waals surface area contributed by atoms with Crippen LogP contribution in [0.1, 0.15) is 24.8 Å². The lowest BCUT2D eigenvalue weighted by Gasteiger charge is -2.19. The lowest BCUT2D eigenvalue weighted by molar-refractivity contribution is -0.0507. The molecule has 3 nitrogen and oxygen atoms in total. The van der Waals surface area contributed by atoms with Crippen LogP contribution in [0.5, 0.6) is 5.75 Å². The van der Waals surface area contributed by atoms with E-state index in [0.717, 1.165) is 25.8 Å². The van der Waals surface area contributed by atoms with Gasteiger partial charge in [0.05, 0.1) is 0 Å². The molecule has 0 heterocycles. The van der Waals surface area contributed by atoms with Crippen LogP contribution in [-0.4, -0.2) is 36.8 Å². The highest BCUT2D eigenvalue weighted by molar-refractivity contribution is 6.30. The van der Waals surface area contributed by atoms with E-state index in [1.165, 1.54) is 12.1 Å². The van der Waals surface area contributed by atoms with Crippen LogP contribution in [-0.2, 0) is 6.54 Å². The minimum Gasteiger partial charge on any atom is -0.434 e. The maximum atomic E-state index is 12.3. The first kappa shape index (κ1) is 17.1. The lowest BCUT2D eigenvalue weighted by Crippen LogP contribution is -2.20. The molecule has 0 saturated heterocycles. The summed E-state index contributed by atoms with van der Waals surface area (Å²) in [6.45, 7) is -1.34. The predicted molar refractivity (Wildman–Crippen MR) is 75.4 cm³/mol. The largest absolute Gasteiger partial charge is 0.434 e. The Morgan fingerprint density at radius 2 is 2.05 bits per heavy atom. The number of ether oxygens (including phenoxy) is 1. The Hall–Kier alpha value is -0.910. The number of unbranched alkanes of at least 4 members (excludes halogenated alkanes) is 2. The Morgan fingerprint density at radius 1 is 1.30 bits per heavy atom. The van der Waals surface area contributed by atoms with Crippen LogP contribution in [0.25, 0.3) is 0 Å². The zero-order chi connectivity index (χ0) is 15.0. The number of aliphatic hydroxyl groups is 1. The van der Waals surface area contributed by atoms with Crippen molar-refractivity contribution in [2.24, 2.45) is 0 Å². The highest BCUT2D eigenvalue weighted by Gasteiger charge is 2.12. The highest BCUT2D eigenvalue weighted by Crippen LogP contribution is 2.25. The summed E-state index contributed by atoms with van der Waals surface area (Å²) in [4.78, 5) is 2.02. The fourth-order valence-electron chi connectivity index (χ4n) is 1.92. The van der Waals surface area contributed by atoms with Crippen molar-refractivity contribution in [3.05, 3.63) is 28.8 Å². The van der Waals surface area contributed by atoms with E-state index in [2.05, 4.69) is 4.74 Å². The fraction of sp³-hybridized carbons (Fsp3) is 0.571. The molecule has 0 spiro atoms. The molecule has 0 fully saturated rings. The van der Waals surface area contributed by atoms with Gasteiger partial charge in [0.1, 0.15) is 5.75 Å². The van der Waals surface area contributed by atoms with Crippen molar-refractivity contribution < 1.29 is 18.6 Å².